The molecule has 1 unspecified atom stereocenters. The van der Waals surface area contributed by atoms with Crippen molar-refractivity contribution >= 4 is 0 Å². The predicted molar refractivity (Wildman–Crippen MR) is 38.5 cm³/mol. The minimum Gasteiger partial charge on any atom is -0.376 e. The third-order valence-corrected chi connectivity index (χ3v) is 1.69. The molecule has 0 radical (unpaired) electrons. The normalized spacial score (nSPS) is 15.3. The molecule has 0 bridgehead atoms. The molecule has 2 N–H and O–H groups in total. The van der Waals surface area contributed by atoms with Crippen LogP contribution in [0.3, 0.4) is 0 Å². The van der Waals surface area contributed by atoms with Crippen molar-refractivity contribution in [3.63, 3.8) is 0 Å². The van der Waals surface area contributed by atoms with Crippen LogP contribution in [0.1, 0.15) is 26.7 Å². The molecular weight excluding hydrogens is 132 g/mol. The first kappa shape index (κ1) is 9.88. The Morgan fingerprint density at radius 2 is 1.90 bits per heavy atom. The van der Waals surface area contributed by atoms with Gasteiger partial charge in [-0.15, -0.1) is 0 Å². The Morgan fingerprint density at radius 1 is 1.40 bits per heavy atom. The van der Waals surface area contributed by atoms with Crippen molar-refractivity contribution in [2.24, 2.45) is 0 Å². The fourth-order valence-electron chi connectivity index (χ4n) is 0.910. The van der Waals surface area contributed by atoms with Gasteiger partial charge in [-0.2, -0.15) is 0 Å². The second-order valence-corrected chi connectivity index (χ2v) is 2.36. The Balaban J connectivity index is 3.97. The molecule has 0 amide bonds. The summed E-state index contributed by atoms with van der Waals surface area (Å²) in [5, 5.41) is 18.4. The number of aliphatic hydroxyl groups is 2. The van der Waals surface area contributed by atoms with Gasteiger partial charge >= 0.3 is 0 Å². The smallest absolute Gasteiger partial charge is 0.189 e. The van der Waals surface area contributed by atoms with Crippen LogP contribution in [0, 0.1) is 0 Å². The van der Waals surface area contributed by atoms with Crippen molar-refractivity contribution in [3.8, 4) is 0 Å². The van der Waals surface area contributed by atoms with Crippen molar-refractivity contribution in [2.45, 2.75) is 38.6 Å². The molecule has 3 heteroatoms. The zero-order valence-electron chi connectivity index (χ0n) is 6.79. The molecule has 0 saturated heterocycles. The summed E-state index contributed by atoms with van der Waals surface area (Å²) >= 11 is 0. The second kappa shape index (κ2) is 3.91. The van der Waals surface area contributed by atoms with Crippen LogP contribution in [0.4, 0.5) is 0 Å². The van der Waals surface area contributed by atoms with Crippen molar-refractivity contribution in [1.82, 2.24) is 0 Å². The Bertz CT molecular complexity index is 86.9. The zero-order chi connectivity index (χ0) is 8.20. The summed E-state index contributed by atoms with van der Waals surface area (Å²) in [6.45, 7) is 3.56. The quantitative estimate of drug-likeness (QED) is 0.571. The van der Waals surface area contributed by atoms with Crippen LogP contribution in [0.25, 0.3) is 0 Å². The predicted octanol–water partition coefficient (Wildman–Crippen LogP) is 0.502. The monoisotopic (exact) mass is 148 g/mol. The molecule has 0 aliphatic carbocycles. The van der Waals surface area contributed by atoms with E-state index < -0.39 is 11.9 Å². The van der Waals surface area contributed by atoms with Gasteiger partial charge in [0.15, 0.2) is 5.79 Å². The highest BCUT2D eigenvalue weighted by Crippen LogP contribution is 2.16. The molecule has 3 nitrogen and oxygen atoms in total. The summed E-state index contributed by atoms with van der Waals surface area (Å²) in [4.78, 5) is 0. The first-order valence-electron chi connectivity index (χ1n) is 3.56. The fourth-order valence-corrected chi connectivity index (χ4v) is 0.910. The highest BCUT2D eigenvalue weighted by atomic mass is 16.6. The van der Waals surface area contributed by atoms with E-state index in [1.807, 2.05) is 6.92 Å². The van der Waals surface area contributed by atoms with Gasteiger partial charge in [0.05, 0.1) is 0 Å². The van der Waals surface area contributed by atoms with Gasteiger partial charge in [0, 0.05) is 13.5 Å². The SMILES string of the molecule is CCC(OC)C(O)(O)CC. The summed E-state index contributed by atoms with van der Waals surface area (Å²) in [6, 6.07) is 0. The number of methoxy groups -OCH3 is 1. The summed E-state index contributed by atoms with van der Waals surface area (Å²) in [5.41, 5.74) is 0. The van der Waals surface area contributed by atoms with Crippen molar-refractivity contribution in [2.75, 3.05) is 7.11 Å². The van der Waals surface area contributed by atoms with Gasteiger partial charge < -0.3 is 14.9 Å². The number of ether oxygens (including phenoxy) is 1. The van der Waals surface area contributed by atoms with Crippen LogP contribution < -0.4 is 0 Å². The van der Waals surface area contributed by atoms with Crippen molar-refractivity contribution in [3.05, 3.63) is 0 Å². The highest BCUT2D eigenvalue weighted by Gasteiger charge is 2.30. The largest absolute Gasteiger partial charge is 0.376 e. The van der Waals surface area contributed by atoms with Crippen LogP contribution in [-0.2, 0) is 4.74 Å². The molecule has 0 saturated carbocycles. The van der Waals surface area contributed by atoms with Crippen molar-refractivity contribution in [1.29, 1.82) is 0 Å². The van der Waals surface area contributed by atoms with E-state index >= 15 is 0 Å². The molecule has 0 aliphatic rings. The van der Waals surface area contributed by atoms with E-state index in [0.717, 1.165) is 0 Å². The van der Waals surface area contributed by atoms with Gasteiger partial charge in [-0.1, -0.05) is 13.8 Å². The Labute approximate surface area is 61.6 Å². The third kappa shape index (κ3) is 2.25. The van der Waals surface area contributed by atoms with Crippen LogP contribution in [0.2, 0.25) is 0 Å². The summed E-state index contributed by atoms with van der Waals surface area (Å²) < 4.78 is 4.86. The van der Waals surface area contributed by atoms with Gasteiger partial charge in [0.25, 0.3) is 0 Å². The van der Waals surface area contributed by atoms with Crippen LogP contribution in [-0.4, -0.2) is 29.2 Å². The van der Waals surface area contributed by atoms with Gasteiger partial charge in [0.2, 0.25) is 0 Å². The fraction of sp³-hybridized carbons (Fsp3) is 1.00. The van der Waals surface area contributed by atoms with E-state index in [-0.39, 0.29) is 0 Å². The maximum Gasteiger partial charge on any atom is 0.189 e. The standard InChI is InChI=1S/C7H16O3/c1-4-6(10-3)7(8,9)5-2/h6,8-9H,4-5H2,1-3H3. The zero-order valence-corrected chi connectivity index (χ0v) is 6.79. The molecule has 0 aromatic carbocycles. The van der Waals surface area contributed by atoms with Gasteiger partial charge in [0.1, 0.15) is 6.10 Å². The average molecular weight is 148 g/mol. The van der Waals surface area contributed by atoms with E-state index in [9.17, 15) is 10.2 Å². The molecule has 1 atom stereocenters. The Kier molecular flexibility index (Phi) is 3.86. The summed E-state index contributed by atoms with van der Waals surface area (Å²) in [5.74, 6) is -1.66. The third-order valence-electron chi connectivity index (χ3n) is 1.69. The average Bonchev–Trinajstić information content (AvgIpc) is 1.90. The topological polar surface area (TPSA) is 49.7 Å². The molecule has 62 valence electrons. The van der Waals surface area contributed by atoms with E-state index in [1.165, 1.54) is 7.11 Å². The van der Waals surface area contributed by atoms with Crippen molar-refractivity contribution < 1.29 is 14.9 Å². The number of hydrogen-bond acceptors (Lipinski definition) is 3. The molecular formula is C7H16O3. The van der Waals surface area contributed by atoms with Gasteiger partial charge in [-0.05, 0) is 6.42 Å². The molecule has 0 spiro atoms. The van der Waals surface area contributed by atoms with Crippen LogP contribution in [0.5, 0.6) is 0 Å². The highest BCUT2D eigenvalue weighted by molar-refractivity contribution is 4.72. The van der Waals surface area contributed by atoms with E-state index in [1.54, 1.807) is 6.92 Å². The lowest BCUT2D eigenvalue weighted by Gasteiger charge is -2.27. The Morgan fingerprint density at radius 3 is 2.00 bits per heavy atom. The van der Waals surface area contributed by atoms with E-state index in [0.29, 0.717) is 12.8 Å². The number of rotatable bonds is 4. The van der Waals surface area contributed by atoms with Crippen LogP contribution >= 0.6 is 0 Å². The first-order chi connectivity index (χ1) is 4.58. The molecule has 0 heterocycles. The molecule has 0 aromatic rings. The molecule has 0 aliphatic heterocycles. The maximum atomic E-state index is 9.21. The molecule has 10 heavy (non-hydrogen) atoms. The minimum absolute atomic E-state index is 0.291. The maximum absolute atomic E-state index is 9.21. The lowest BCUT2D eigenvalue weighted by atomic mass is 10.1. The van der Waals surface area contributed by atoms with Gasteiger partial charge in [-0.25, -0.2) is 0 Å². The number of hydrogen-bond donors (Lipinski definition) is 2. The lowest BCUT2D eigenvalue weighted by molar-refractivity contribution is -0.233. The van der Waals surface area contributed by atoms with E-state index in [4.69, 9.17) is 4.74 Å². The van der Waals surface area contributed by atoms with E-state index in [2.05, 4.69) is 0 Å². The van der Waals surface area contributed by atoms with Gasteiger partial charge in [-0.3, -0.25) is 0 Å². The Hall–Kier alpha value is -0.120. The van der Waals surface area contributed by atoms with Crippen LogP contribution in [0.15, 0.2) is 0 Å². The summed E-state index contributed by atoms with van der Waals surface area (Å²) in [7, 11) is 1.48. The lowest BCUT2D eigenvalue weighted by Crippen LogP contribution is -2.42. The second-order valence-electron chi connectivity index (χ2n) is 2.36. The molecule has 0 aromatic heterocycles. The minimum atomic E-state index is -1.66. The first-order valence-corrected chi connectivity index (χ1v) is 3.56. The summed E-state index contributed by atoms with van der Waals surface area (Å²) in [6.07, 6.45) is 0.425. The molecule has 0 rings (SSSR count). The molecule has 0 fully saturated rings.